The highest BCUT2D eigenvalue weighted by Gasteiger charge is 2.24. The van der Waals surface area contributed by atoms with Gasteiger partial charge in [-0.05, 0) is 28.4 Å². The topological polar surface area (TPSA) is 58.3 Å². The van der Waals surface area contributed by atoms with Gasteiger partial charge in [0.05, 0.1) is 11.0 Å². The van der Waals surface area contributed by atoms with Crippen LogP contribution in [0.1, 0.15) is 0 Å². The smallest absolute Gasteiger partial charge is 0.423 e. The Hall–Kier alpha value is -3.93. The van der Waals surface area contributed by atoms with E-state index in [2.05, 4.69) is 34.9 Å². The minimum absolute atomic E-state index is 0.425. The Labute approximate surface area is 185 Å². The third-order valence-corrected chi connectivity index (χ3v) is 6.03. The number of para-hydroxylation sites is 1. The van der Waals surface area contributed by atoms with Gasteiger partial charge in [0.1, 0.15) is 5.82 Å². The summed E-state index contributed by atoms with van der Waals surface area (Å²) in [5, 5.41) is 24.6. The average Bonchev–Trinajstić information content (AvgIpc) is 3.26. The molecule has 152 valence electrons. The highest BCUT2D eigenvalue weighted by atomic mass is 16.4. The molecule has 1 heterocycles. The maximum absolute atomic E-state index is 10.1. The van der Waals surface area contributed by atoms with Gasteiger partial charge >= 0.3 is 7.12 Å². The van der Waals surface area contributed by atoms with Crippen molar-refractivity contribution in [3.05, 3.63) is 103 Å². The number of benzene rings is 5. The molecule has 0 aliphatic rings. The second-order valence-corrected chi connectivity index (χ2v) is 7.86. The van der Waals surface area contributed by atoms with Crippen molar-refractivity contribution in [1.29, 1.82) is 0 Å². The minimum Gasteiger partial charge on any atom is -0.423 e. The van der Waals surface area contributed by atoms with Crippen molar-refractivity contribution in [2.45, 2.75) is 0 Å². The van der Waals surface area contributed by atoms with Gasteiger partial charge in [-0.1, -0.05) is 91.0 Å². The first kappa shape index (κ1) is 18.8. The molecule has 32 heavy (non-hydrogen) atoms. The van der Waals surface area contributed by atoms with Gasteiger partial charge in [-0.25, -0.2) is 4.98 Å². The average molecular weight is 414 g/mol. The van der Waals surface area contributed by atoms with Crippen molar-refractivity contribution in [2.75, 3.05) is 0 Å². The van der Waals surface area contributed by atoms with Crippen molar-refractivity contribution in [3.63, 3.8) is 0 Å². The Morgan fingerprint density at radius 3 is 1.88 bits per heavy atom. The first-order valence-corrected chi connectivity index (χ1v) is 10.6. The predicted molar refractivity (Wildman–Crippen MR) is 131 cm³/mol. The molecule has 0 saturated carbocycles. The number of fused-ring (bicyclic) bond motifs is 6. The largest absolute Gasteiger partial charge is 0.489 e. The van der Waals surface area contributed by atoms with Crippen LogP contribution in [0, 0.1) is 0 Å². The lowest BCUT2D eigenvalue weighted by Gasteiger charge is -2.14. The van der Waals surface area contributed by atoms with Crippen LogP contribution in [0.4, 0.5) is 0 Å². The summed E-state index contributed by atoms with van der Waals surface area (Å²) in [5.74, 6) is 0.677. The molecule has 6 rings (SSSR count). The number of nitrogens with zero attached hydrogens (tertiary/aromatic N) is 2. The van der Waals surface area contributed by atoms with E-state index in [0.29, 0.717) is 16.9 Å². The van der Waals surface area contributed by atoms with Gasteiger partial charge in [0.25, 0.3) is 0 Å². The molecule has 0 aliphatic carbocycles. The number of aromatic nitrogens is 2. The second-order valence-electron chi connectivity index (χ2n) is 7.86. The van der Waals surface area contributed by atoms with E-state index in [9.17, 15) is 10.0 Å². The van der Waals surface area contributed by atoms with Gasteiger partial charge in [-0.3, -0.25) is 4.57 Å². The third kappa shape index (κ3) is 2.76. The summed E-state index contributed by atoms with van der Waals surface area (Å²) in [6.45, 7) is 0. The molecule has 1 aromatic heterocycles. The van der Waals surface area contributed by atoms with Gasteiger partial charge in [0.2, 0.25) is 0 Å². The molecular weight excluding hydrogens is 395 g/mol. The van der Waals surface area contributed by atoms with E-state index in [-0.39, 0.29) is 0 Å². The van der Waals surface area contributed by atoms with Crippen LogP contribution in [-0.4, -0.2) is 26.7 Å². The van der Waals surface area contributed by atoms with E-state index in [4.69, 9.17) is 4.98 Å². The fraction of sp³-hybridized carbons (Fsp3) is 0. The summed E-state index contributed by atoms with van der Waals surface area (Å²) in [6, 6.07) is 34.1. The summed E-state index contributed by atoms with van der Waals surface area (Å²) in [7, 11) is -1.59. The fourth-order valence-corrected chi connectivity index (χ4v) is 4.64. The van der Waals surface area contributed by atoms with Gasteiger partial charge in [-0.15, -0.1) is 0 Å². The Morgan fingerprint density at radius 1 is 0.594 bits per heavy atom. The van der Waals surface area contributed by atoms with E-state index >= 15 is 0 Å². The molecule has 5 heteroatoms. The summed E-state index contributed by atoms with van der Waals surface area (Å²) in [5.41, 5.74) is 3.97. The molecule has 0 radical (unpaired) electrons. The molecule has 0 atom stereocenters. The van der Waals surface area contributed by atoms with Gasteiger partial charge in [0, 0.05) is 22.0 Å². The molecule has 0 unspecified atom stereocenters. The standard InChI is InChI=1S/C27H19BN2O2/c31-28(32)24-17-9-8-16-23(24)27-29-25-21-14-6-4-12-19(21)20-13-5-7-15-22(20)26(25)30(27)18-10-2-1-3-11-18/h1-17,31-32H. The van der Waals surface area contributed by atoms with Crippen LogP contribution in [0.25, 0.3) is 49.7 Å². The van der Waals surface area contributed by atoms with Crippen molar-refractivity contribution in [2.24, 2.45) is 0 Å². The monoisotopic (exact) mass is 414 g/mol. The minimum atomic E-state index is -1.59. The van der Waals surface area contributed by atoms with Crippen molar-refractivity contribution >= 4 is 45.2 Å². The van der Waals surface area contributed by atoms with Crippen LogP contribution in [0.3, 0.4) is 0 Å². The molecule has 4 nitrogen and oxygen atoms in total. The van der Waals surface area contributed by atoms with Crippen LogP contribution in [0.5, 0.6) is 0 Å². The Balaban J connectivity index is 1.87. The van der Waals surface area contributed by atoms with Crippen molar-refractivity contribution < 1.29 is 10.0 Å². The molecule has 5 aromatic carbocycles. The van der Waals surface area contributed by atoms with E-state index in [0.717, 1.165) is 38.3 Å². The zero-order chi connectivity index (χ0) is 21.7. The molecule has 0 saturated heterocycles. The van der Waals surface area contributed by atoms with E-state index in [1.54, 1.807) is 12.1 Å². The lowest BCUT2D eigenvalue weighted by atomic mass is 9.77. The third-order valence-electron chi connectivity index (χ3n) is 6.03. The molecule has 0 spiro atoms. The number of imidazole rings is 1. The summed E-state index contributed by atoms with van der Waals surface area (Å²) < 4.78 is 2.13. The molecule has 0 bridgehead atoms. The first-order chi connectivity index (χ1) is 15.7. The first-order valence-electron chi connectivity index (χ1n) is 10.6. The van der Waals surface area contributed by atoms with Crippen LogP contribution in [0.2, 0.25) is 0 Å². The SMILES string of the molecule is OB(O)c1ccccc1-c1nc2c3ccccc3c3ccccc3c2n1-c1ccccc1. The number of hydrogen-bond donors (Lipinski definition) is 2. The Kier molecular flexibility index (Phi) is 4.32. The highest BCUT2D eigenvalue weighted by molar-refractivity contribution is 6.60. The Bertz CT molecular complexity index is 1610. The van der Waals surface area contributed by atoms with Crippen LogP contribution >= 0.6 is 0 Å². The Morgan fingerprint density at radius 2 is 1.16 bits per heavy atom. The van der Waals surface area contributed by atoms with Gasteiger partial charge in [0.15, 0.2) is 0 Å². The van der Waals surface area contributed by atoms with Crippen LogP contribution in [-0.2, 0) is 0 Å². The fourth-order valence-electron chi connectivity index (χ4n) is 4.64. The number of hydrogen-bond acceptors (Lipinski definition) is 3. The van der Waals surface area contributed by atoms with E-state index < -0.39 is 7.12 Å². The van der Waals surface area contributed by atoms with E-state index in [1.165, 1.54) is 0 Å². The molecule has 0 aliphatic heterocycles. The van der Waals surface area contributed by atoms with Gasteiger partial charge < -0.3 is 10.0 Å². The van der Waals surface area contributed by atoms with Gasteiger partial charge in [-0.2, -0.15) is 0 Å². The molecule has 0 amide bonds. The lowest BCUT2D eigenvalue weighted by Crippen LogP contribution is -2.31. The van der Waals surface area contributed by atoms with E-state index in [1.807, 2.05) is 60.7 Å². The maximum atomic E-state index is 10.1. The summed E-state index contributed by atoms with van der Waals surface area (Å²) >= 11 is 0. The van der Waals surface area contributed by atoms with Crippen molar-refractivity contribution in [1.82, 2.24) is 9.55 Å². The maximum Gasteiger partial charge on any atom is 0.489 e. The predicted octanol–water partition coefficient (Wildman–Crippen LogP) is 4.68. The number of rotatable bonds is 3. The molecule has 2 N–H and O–H groups in total. The molecule has 0 fully saturated rings. The second kappa shape index (κ2) is 7.34. The normalized spacial score (nSPS) is 11.4. The quantitative estimate of drug-likeness (QED) is 0.327. The lowest BCUT2D eigenvalue weighted by molar-refractivity contribution is 0.426. The summed E-state index contributed by atoms with van der Waals surface area (Å²) in [6.07, 6.45) is 0. The highest BCUT2D eigenvalue weighted by Crippen LogP contribution is 2.38. The van der Waals surface area contributed by atoms with Crippen molar-refractivity contribution in [3.8, 4) is 17.1 Å². The summed E-state index contributed by atoms with van der Waals surface area (Å²) in [4.78, 5) is 5.12. The zero-order valence-electron chi connectivity index (χ0n) is 17.2. The van der Waals surface area contributed by atoms with Crippen LogP contribution < -0.4 is 5.46 Å². The zero-order valence-corrected chi connectivity index (χ0v) is 17.2. The molecular formula is C27H19BN2O2. The van der Waals surface area contributed by atoms with Crippen LogP contribution in [0.15, 0.2) is 103 Å². The molecule has 6 aromatic rings.